The summed E-state index contributed by atoms with van der Waals surface area (Å²) in [6.07, 6.45) is 3.15. The fraction of sp³-hybridized carbons (Fsp3) is 0.500. The van der Waals surface area contributed by atoms with Gasteiger partial charge in [-0.05, 0) is 43.5 Å². The molecule has 108 valence electrons. The molecule has 0 saturated heterocycles. The summed E-state index contributed by atoms with van der Waals surface area (Å²) in [4.78, 5) is 11.6. The predicted molar refractivity (Wildman–Crippen MR) is 79.9 cm³/mol. The highest BCUT2D eigenvalue weighted by Crippen LogP contribution is 2.13. The first-order valence-electron chi connectivity index (χ1n) is 6.36. The first-order chi connectivity index (χ1) is 8.76. The van der Waals surface area contributed by atoms with E-state index in [2.05, 4.69) is 5.32 Å². The number of carbonyl (C=O) groups excluding carboxylic acids is 1. The van der Waals surface area contributed by atoms with Gasteiger partial charge in [-0.3, -0.25) is 4.79 Å². The lowest BCUT2D eigenvalue weighted by Crippen LogP contribution is -2.25. The van der Waals surface area contributed by atoms with Crippen molar-refractivity contribution in [3.05, 3.63) is 29.8 Å². The molecule has 0 bridgehead atoms. The summed E-state index contributed by atoms with van der Waals surface area (Å²) in [5.41, 5.74) is 6.50. The molecule has 1 amide bonds. The van der Waals surface area contributed by atoms with Gasteiger partial charge in [-0.25, -0.2) is 0 Å². The monoisotopic (exact) mass is 286 g/mol. The van der Waals surface area contributed by atoms with Gasteiger partial charge in [0.1, 0.15) is 5.75 Å². The van der Waals surface area contributed by atoms with E-state index in [-0.39, 0.29) is 18.3 Å². The van der Waals surface area contributed by atoms with Gasteiger partial charge in [-0.2, -0.15) is 0 Å². The van der Waals surface area contributed by atoms with Crippen molar-refractivity contribution in [2.75, 3.05) is 20.2 Å². The topological polar surface area (TPSA) is 64.3 Å². The molecule has 0 heterocycles. The van der Waals surface area contributed by atoms with Crippen LogP contribution in [0.15, 0.2) is 24.3 Å². The standard InChI is InChI=1S/C14H22N2O2.ClH/c1-18-13-6-4-5-12(11-13)7-8-14(17)16-10-3-2-9-15;/h4-6,11H,2-3,7-10,15H2,1H3,(H,16,17);1H. The molecule has 5 heteroatoms. The lowest BCUT2D eigenvalue weighted by molar-refractivity contribution is -0.121. The van der Waals surface area contributed by atoms with Crippen LogP contribution in [-0.4, -0.2) is 26.1 Å². The van der Waals surface area contributed by atoms with Crippen LogP contribution in [0, 0.1) is 0 Å². The molecular formula is C14H23ClN2O2. The minimum atomic E-state index is 0. The van der Waals surface area contributed by atoms with Crippen molar-refractivity contribution in [2.45, 2.75) is 25.7 Å². The van der Waals surface area contributed by atoms with E-state index in [1.807, 2.05) is 24.3 Å². The molecule has 3 N–H and O–H groups in total. The van der Waals surface area contributed by atoms with Crippen molar-refractivity contribution in [3.63, 3.8) is 0 Å². The second-order valence-corrected chi connectivity index (χ2v) is 4.20. The van der Waals surface area contributed by atoms with Crippen molar-refractivity contribution in [1.29, 1.82) is 0 Å². The number of halogens is 1. The third-order valence-electron chi connectivity index (χ3n) is 2.73. The predicted octanol–water partition coefficient (Wildman–Crippen LogP) is 1.90. The van der Waals surface area contributed by atoms with Gasteiger partial charge in [0.15, 0.2) is 0 Å². The molecule has 0 spiro atoms. The fourth-order valence-electron chi connectivity index (χ4n) is 1.67. The third kappa shape index (κ3) is 7.70. The van der Waals surface area contributed by atoms with Gasteiger partial charge in [-0.15, -0.1) is 12.4 Å². The second-order valence-electron chi connectivity index (χ2n) is 4.20. The summed E-state index contributed by atoms with van der Waals surface area (Å²) in [6.45, 7) is 1.40. The highest BCUT2D eigenvalue weighted by molar-refractivity contribution is 5.85. The third-order valence-corrected chi connectivity index (χ3v) is 2.73. The average molecular weight is 287 g/mol. The molecule has 0 aliphatic rings. The molecule has 1 rings (SSSR count). The molecule has 0 unspecified atom stereocenters. The Labute approximate surface area is 121 Å². The minimum absolute atomic E-state index is 0. The van der Waals surface area contributed by atoms with E-state index in [4.69, 9.17) is 10.5 Å². The normalized spacial score (nSPS) is 9.58. The van der Waals surface area contributed by atoms with Crippen molar-refractivity contribution < 1.29 is 9.53 Å². The van der Waals surface area contributed by atoms with Crippen molar-refractivity contribution in [1.82, 2.24) is 5.32 Å². The van der Waals surface area contributed by atoms with Gasteiger partial charge in [0.2, 0.25) is 5.91 Å². The van der Waals surface area contributed by atoms with Crippen LogP contribution in [0.4, 0.5) is 0 Å². The van der Waals surface area contributed by atoms with Crippen LogP contribution in [0.2, 0.25) is 0 Å². The maximum atomic E-state index is 11.6. The zero-order valence-electron chi connectivity index (χ0n) is 11.4. The van der Waals surface area contributed by atoms with Crippen LogP contribution in [0.25, 0.3) is 0 Å². The molecule has 19 heavy (non-hydrogen) atoms. The number of benzene rings is 1. The van der Waals surface area contributed by atoms with E-state index in [0.29, 0.717) is 19.5 Å². The summed E-state index contributed by atoms with van der Waals surface area (Å²) in [6, 6.07) is 7.80. The molecule has 0 fully saturated rings. The Kier molecular flexibility index (Phi) is 9.94. The summed E-state index contributed by atoms with van der Waals surface area (Å²) in [5.74, 6) is 0.922. The summed E-state index contributed by atoms with van der Waals surface area (Å²) in [5, 5.41) is 2.89. The van der Waals surface area contributed by atoms with E-state index in [1.54, 1.807) is 7.11 Å². The van der Waals surface area contributed by atoms with Crippen molar-refractivity contribution >= 4 is 18.3 Å². The molecule has 1 aromatic carbocycles. The number of hydrogen-bond donors (Lipinski definition) is 2. The Bertz CT molecular complexity index is 372. The van der Waals surface area contributed by atoms with Gasteiger partial charge in [0.25, 0.3) is 0 Å². The highest BCUT2D eigenvalue weighted by Gasteiger charge is 2.02. The van der Waals surface area contributed by atoms with E-state index in [1.165, 1.54) is 0 Å². The number of hydrogen-bond acceptors (Lipinski definition) is 3. The van der Waals surface area contributed by atoms with Crippen molar-refractivity contribution in [3.8, 4) is 5.75 Å². The maximum Gasteiger partial charge on any atom is 0.220 e. The fourth-order valence-corrected chi connectivity index (χ4v) is 1.67. The first-order valence-corrected chi connectivity index (χ1v) is 6.36. The molecule has 0 aromatic heterocycles. The summed E-state index contributed by atoms with van der Waals surface area (Å²) >= 11 is 0. The number of nitrogens with one attached hydrogen (secondary N) is 1. The first kappa shape index (κ1) is 17.7. The zero-order valence-corrected chi connectivity index (χ0v) is 12.2. The number of rotatable bonds is 8. The van der Waals surface area contributed by atoms with Crippen LogP contribution in [0.1, 0.15) is 24.8 Å². The van der Waals surface area contributed by atoms with Gasteiger partial charge >= 0.3 is 0 Å². The van der Waals surface area contributed by atoms with Crippen LogP contribution >= 0.6 is 12.4 Å². The number of unbranched alkanes of at least 4 members (excludes halogenated alkanes) is 1. The maximum absolute atomic E-state index is 11.6. The van der Waals surface area contributed by atoms with Gasteiger partial charge in [0.05, 0.1) is 7.11 Å². The van der Waals surface area contributed by atoms with Crippen LogP contribution < -0.4 is 15.8 Å². The zero-order chi connectivity index (χ0) is 13.2. The lowest BCUT2D eigenvalue weighted by atomic mass is 10.1. The SMILES string of the molecule is COc1cccc(CCC(=O)NCCCCN)c1.Cl. The molecule has 4 nitrogen and oxygen atoms in total. The Morgan fingerprint density at radius 1 is 1.37 bits per heavy atom. The minimum Gasteiger partial charge on any atom is -0.497 e. The Balaban J connectivity index is 0.00000324. The van der Waals surface area contributed by atoms with E-state index >= 15 is 0 Å². The van der Waals surface area contributed by atoms with Crippen LogP contribution in [0.5, 0.6) is 5.75 Å². The Morgan fingerprint density at radius 3 is 2.84 bits per heavy atom. The Morgan fingerprint density at radius 2 is 2.16 bits per heavy atom. The number of methoxy groups -OCH3 is 1. The number of ether oxygens (including phenoxy) is 1. The van der Waals surface area contributed by atoms with Gasteiger partial charge < -0.3 is 15.8 Å². The van der Waals surface area contributed by atoms with Gasteiger partial charge in [0, 0.05) is 13.0 Å². The number of carbonyl (C=O) groups is 1. The molecular weight excluding hydrogens is 264 g/mol. The molecule has 1 aromatic rings. The van der Waals surface area contributed by atoms with Crippen LogP contribution in [0.3, 0.4) is 0 Å². The average Bonchev–Trinajstić information content (AvgIpc) is 2.41. The molecule has 0 radical (unpaired) electrons. The molecule has 0 aliphatic heterocycles. The highest BCUT2D eigenvalue weighted by atomic mass is 35.5. The second kappa shape index (κ2) is 10.6. The lowest BCUT2D eigenvalue weighted by Gasteiger charge is -2.06. The molecule has 0 aliphatic carbocycles. The van der Waals surface area contributed by atoms with E-state index in [0.717, 1.165) is 30.6 Å². The van der Waals surface area contributed by atoms with Crippen molar-refractivity contribution in [2.24, 2.45) is 5.73 Å². The van der Waals surface area contributed by atoms with Gasteiger partial charge in [-0.1, -0.05) is 12.1 Å². The number of aryl methyl sites for hydroxylation is 1. The largest absolute Gasteiger partial charge is 0.497 e. The molecule has 0 atom stereocenters. The van der Waals surface area contributed by atoms with E-state index < -0.39 is 0 Å². The van der Waals surface area contributed by atoms with E-state index in [9.17, 15) is 4.79 Å². The number of amides is 1. The molecule has 0 saturated carbocycles. The van der Waals surface area contributed by atoms with Crippen LogP contribution in [-0.2, 0) is 11.2 Å². The number of nitrogens with two attached hydrogens (primary N) is 1. The quantitative estimate of drug-likeness (QED) is 0.718. The summed E-state index contributed by atoms with van der Waals surface area (Å²) in [7, 11) is 1.64. The summed E-state index contributed by atoms with van der Waals surface area (Å²) < 4.78 is 5.14. The Hall–Kier alpha value is -1.26. The smallest absolute Gasteiger partial charge is 0.220 e.